The fourth-order valence-electron chi connectivity index (χ4n) is 2.78. The number of benzene rings is 1. The number of aromatic amines is 1. The van der Waals surface area contributed by atoms with E-state index < -0.39 is 17.4 Å². The predicted octanol–water partition coefficient (Wildman–Crippen LogP) is 3.12. The highest BCUT2D eigenvalue weighted by Crippen LogP contribution is 2.34. The van der Waals surface area contributed by atoms with Crippen molar-refractivity contribution in [2.75, 3.05) is 31.1 Å². The molecule has 5 nitrogen and oxygen atoms in total. The number of alkyl halides is 2. The van der Waals surface area contributed by atoms with Crippen molar-refractivity contribution in [3.8, 4) is 0 Å². The van der Waals surface area contributed by atoms with Crippen molar-refractivity contribution >= 4 is 34.9 Å². The van der Waals surface area contributed by atoms with Gasteiger partial charge in [-0.3, -0.25) is 9.59 Å². The number of halogens is 4. The SMILES string of the molecule is O=C(N1CCN(c2cccc(=O)[nH]2)CC1)C(F)(F)c1ccc(Cl)c(Cl)c1. The molecule has 1 aliphatic rings. The van der Waals surface area contributed by atoms with E-state index >= 15 is 0 Å². The van der Waals surface area contributed by atoms with Gasteiger partial charge >= 0.3 is 5.92 Å². The van der Waals surface area contributed by atoms with Crippen molar-refractivity contribution in [2.24, 2.45) is 0 Å². The molecule has 0 atom stereocenters. The van der Waals surface area contributed by atoms with E-state index in [0.29, 0.717) is 18.9 Å². The summed E-state index contributed by atoms with van der Waals surface area (Å²) in [5, 5.41) is 0.110. The van der Waals surface area contributed by atoms with Gasteiger partial charge in [-0.25, -0.2) is 0 Å². The van der Waals surface area contributed by atoms with E-state index in [9.17, 15) is 18.4 Å². The van der Waals surface area contributed by atoms with Crippen LogP contribution in [0.1, 0.15) is 5.56 Å². The summed E-state index contributed by atoms with van der Waals surface area (Å²) in [5.41, 5.74) is -0.737. The summed E-state index contributed by atoms with van der Waals surface area (Å²) in [4.78, 5) is 29.3. The second-order valence-corrected chi connectivity index (χ2v) is 6.70. The molecule has 0 spiro atoms. The minimum atomic E-state index is -3.70. The molecule has 2 aromatic rings. The lowest BCUT2D eigenvalue weighted by molar-refractivity contribution is -0.159. The van der Waals surface area contributed by atoms with Crippen LogP contribution in [0.3, 0.4) is 0 Å². The Bertz CT molecular complexity index is 880. The summed E-state index contributed by atoms with van der Waals surface area (Å²) < 4.78 is 29.1. The number of nitrogens with zero attached hydrogens (tertiary/aromatic N) is 2. The molecule has 138 valence electrons. The Labute approximate surface area is 158 Å². The van der Waals surface area contributed by atoms with E-state index in [4.69, 9.17) is 23.2 Å². The van der Waals surface area contributed by atoms with Gasteiger partial charge < -0.3 is 14.8 Å². The topological polar surface area (TPSA) is 56.4 Å². The third-order valence-corrected chi connectivity index (χ3v) is 4.95. The minimum Gasteiger partial charge on any atom is -0.355 e. The summed E-state index contributed by atoms with van der Waals surface area (Å²) >= 11 is 11.5. The van der Waals surface area contributed by atoms with E-state index in [1.807, 2.05) is 4.90 Å². The molecule has 0 bridgehead atoms. The van der Waals surface area contributed by atoms with Gasteiger partial charge in [0, 0.05) is 37.8 Å². The third kappa shape index (κ3) is 3.68. The Hall–Kier alpha value is -2.12. The number of hydrogen-bond acceptors (Lipinski definition) is 3. The largest absolute Gasteiger partial charge is 0.355 e. The molecule has 0 aliphatic carbocycles. The standard InChI is InChI=1S/C17H15Cl2F2N3O2/c18-12-5-4-11(10-13(12)19)17(20,21)16(26)24-8-6-23(7-9-24)14-2-1-3-15(25)22-14/h1-5,10H,6-9H2,(H,22,25). The van der Waals surface area contributed by atoms with E-state index in [1.165, 1.54) is 12.1 Å². The number of carbonyl (C=O) groups is 1. The molecule has 0 radical (unpaired) electrons. The molecular weight excluding hydrogens is 387 g/mol. The quantitative estimate of drug-likeness (QED) is 0.859. The highest BCUT2D eigenvalue weighted by Gasteiger charge is 2.44. The Morgan fingerprint density at radius 1 is 1.04 bits per heavy atom. The van der Waals surface area contributed by atoms with E-state index in [1.54, 1.807) is 12.1 Å². The molecule has 9 heteroatoms. The van der Waals surface area contributed by atoms with Gasteiger partial charge in [-0.15, -0.1) is 0 Å². The molecular formula is C17H15Cl2F2N3O2. The Morgan fingerprint density at radius 2 is 1.73 bits per heavy atom. The van der Waals surface area contributed by atoms with Crippen LogP contribution in [0.15, 0.2) is 41.2 Å². The van der Waals surface area contributed by atoms with Gasteiger partial charge in [-0.1, -0.05) is 35.3 Å². The lowest BCUT2D eigenvalue weighted by Crippen LogP contribution is -2.53. The molecule has 2 heterocycles. The van der Waals surface area contributed by atoms with Gasteiger partial charge in [0.15, 0.2) is 0 Å². The van der Waals surface area contributed by atoms with Crippen molar-refractivity contribution in [3.63, 3.8) is 0 Å². The number of pyridine rings is 1. The summed E-state index contributed by atoms with van der Waals surface area (Å²) in [6, 6.07) is 8.07. The predicted molar refractivity (Wildman–Crippen MR) is 96.2 cm³/mol. The second-order valence-electron chi connectivity index (χ2n) is 5.88. The van der Waals surface area contributed by atoms with E-state index in [0.717, 1.165) is 17.0 Å². The van der Waals surface area contributed by atoms with E-state index in [2.05, 4.69) is 4.98 Å². The number of H-pyrrole nitrogens is 1. The lowest BCUT2D eigenvalue weighted by atomic mass is 10.1. The van der Waals surface area contributed by atoms with Crippen LogP contribution < -0.4 is 10.5 Å². The molecule has 1 aromatic carbocycles. The normalized spacial score (nSPS) is 15.2. The van der Waals surface area contributed by atoms with Crippen molar-refractivity contribution in [1.82, 2.24) is 9.88 Å². The average molecular weight is 402 g/mol. The summed E-state index contributed by atoms with van der Waals surface area (Å²) in [6.45, 7) is 0.908. The number of hydrogen-bond donors (Lipinski definition) is 1. The Balaban J connectivity index is 1.71. The van der Waals surface area contributed by atoms with Gasteiger partial charge in [0.25, 0.3) is 5.91 Å². The molecule has 1 amide bonds. The van der Waals surface area contributed by atoms with Crippen LogP contribution in [0.25, 0.3) is 0 Å². The van der Waals surface area contributed by atoms with Gasteiger partial charge in [0.2, 0.25) is 5.56 Å². The number of nitrogens with one attached hydrogen (secondary N) is 1. The lowest BCUT2D eigenvalue weighted by Gasteiger charge is -2.37. The highest BCUT2D eigenvalue weighted by atomic mass is 35.5. The molecule has 26 heavy (non-hydrogen) atoms. The van der Waals surface area contributed by atoms with Crippen molar-refractivity contribution in [3.05, 3.63) is 62.4 Å². The number of carbonyl (C=O) groups excluding carboxylic acids is 1. The molecule has 1 aromatic heterocycles. The van der Waals surface area contributed by atoms with Crippen LogP contribution in [-0.4, -0.2) is 42.0 Å². The van der Waals surface area contributed by atoms with Crippen LogP contribution in [0.5, 0.6) is 0 Å². The zero-order chi connectivity index (χ0) is 18.9. The maximum Gasteiger partial charge on any atom is 0.350 e. The first-order valence-corrected chi connectivity index (χ1v) is 8.61. The molecule has 0 unspecified atom stereocenters. The second kappa shape index (κ2) is 7.25. The van der Waals surface area contributed by atoms with E-state index in [-0.39, 0.29) is 28.7 Å². The van der Waals surface area contributed by atoms with Gasteiger partial charge in [0.1, 0.15) is 5.82 Å². The number of piperazine rings is 1. The summed E-state index contributed by atoms with van der Waals surface area (Å²) in [5.74, 6) is -4.38. The van der Waals surface area contributed by atoms with Crippen molar-refractivity contribution in [1.29, 1.82) is 0 Å². The first-order chi connectivity index (χ1) is 12.3. The molecule has 1 N–H and O–H groups in total. The monoisotopic (exact) mass is 401 g/mol. The van der Waals surface area contributed by atoms with Crippen LogP contribution in [0.4, 0.5) is 14.6 Å². The first-order valence-electron chi connectivity index (χ1n) is 7.86. The van der Waals surface area contributed by atoms with Crippen LogP contribution in [0, 0.1) is 0 Å². The van der Waals surface area contributed by atoms with Crippen molar-refractivity contribution in [2.45, 2.75) is 5.92 Å². The van der Waals surface area contributed by atoms with Gasteiger partial charge in [0.05, 0.1) is 10.0 Å². The number of aromatic nitrogens is 1. The third-order valence-electron chi connectivity index (χ3n) is 4.21. The van der Waals surface area contributed by atoms with Gasteiger partial charge in [-0.05, 0) is 18.2 Å². The summed E-state index contributed by atoms with van der Waals surface area (Å²) in [6.07, 6.45) is 0. The maximum absolute atomic E-state index is 14.6. The minimum absolute atomic E-state index is 0.0329. The van der Waals surface area contributed by atoms with Crippen molar-refractivity contribution < 1.29 is 13.6 Å². The molecule has 3 rings (SSSR count). The highest BCUT2D eigenvalue weighted by molar-refractivity contribution is 6.42. The zero-order valence-electron chi connectivity index (χ0n) is 13.5. The van der Waals surface area contributed by atoms with Gasteiger partial charge in [-0.2, -0.15) is 8.78 Å². The Kier molecular flexibility index (Phi) is 5.20. The first kappa shape index (κ1) is 18.7. The zero-order valence-corrected chi connectivity index (χ0v) is 15.0. The smallest absolute Gasteiger partial charge is 0.350 e. The average Bonchev–Trinajstić information content (AvgIpc) is 2.63. The van der Waals surface area contributed by atoms with Crippen LogP contribution >= 0.6 is 23.2 Å². The van der Waals surface area contributed by atoms with Crippen LogP contribution in [0.2, 0.25) is 10.0 Å². The fraction of sp³-hybridized carbons (Fsp3) is 0.294. The fourth-order valence-corrected chi connectivity index (χ4v) is 3.08. The maximum atomic E-state index is 14.6. The molecule has 1 fully saturated rings. The molecule has 0 saturated carbocycles. The molecule has 1 saturated heterocycles. The van der Waals surface area contributed by atoms with Crippen LogP contribution in [-0.2, 0) is 10.7 Å². The molecule has 1 aliphatic heterocycles. The number of amides is 1. The summed E-state index contributed by atoms with van der Waals surface area (Å²) in [7, 11) is 0. The number of anilines is 1. The Morgan fingerprint density at radius 3 is 2.35 bits per heavy atom. The number of rotatable bonds is 3.